The number of nitrogen functional groups attached to an aromatic ring is 1. The van der Waals surface area contributed by atoms with Gasteiger partial charge in [-0.15, -0.1) is 11.8 Å². The van der Waals surface area contributed by atoms with Crippen molar-refractivity contribution in [1.29, 1.82) is 5.41 Å². The molecule has 21 heavy (non-hydrogen) atoms. The van der Waals surface area contributed by atoms with Crippen LogP contribution >= 0.6 is 11.8 Å². The average Bonchev–Trinajstić information content (AvgIpc) is 2.52. The summed E-state index contributed by atoms with van der Waals surface area (Å²) in [7, 11) is 0. The second kappa shape index (κ2) is 7.69. The fourth-order valence-corrected chi connectivity index (χ4v) is 2.70. The molecule has 0 aliphatic rings. The topological polar surface area (TPSA) is 72.0 Å². The summed E-state index contributed by atoms with van der Waals surface area (Å²) >= 11 is 1.57. The van der Waals surface area contributed by atoms with Gasteiger partial charge in [-0.05, 0) is 48.9 Å². The normalized spacial score (nSPS) is 10.3. The Labute approximate surface area is 129 Å². The van der Waals surface area contributed by atoms with Crippen LogP contribution in [-0.4, -0.2) is 23.7 Å². The number of benzene rings is 1. The number of rotatable bonds is 7. The number of nitrogens with one attached hydrogen (secondary N) is 1. The van der Waals surface area contributed by atoms with Gasteiger partial charge < -0.3 is 10.5 Å². The smallest absolute Gasteiger partial charge is 0.131 e. The third-order valence-corrected chi connectivity index (χ3v) is 3.87. The van der Waals surface area contributed by atoms with Crippen molar-refractivity contribution < 1.29 is 4.74 Å². The third-order valence-electron chi connectivity index (χ3n) is 3.09. The molecule has 4 nitrogen and oxygen atoms in total. The molecule has 0 aliphatic carbocycles. The van der Waals surface area contributed by atoms with Gasteiger partial charge in [0.05, 0.1) is 12.2 Å². The fourth-order valence-electron chi connectivity index (χ4n) is 2.07. The van der Waals surface area contributed by atoms with Gasteiger partial charge in [0.25, 0.3) is 0 Å². The van der Waals surface area contributed by atoms with Gasteiger partial charge in [0, 0.05) is 17.3 Å². The molecule has 1 aromatic carbocycles. The molecule has 0 bridgehead atoms. The number of amidine groups is 1. The molecule has 0 aliphatic heterocycles. The number of aromatic nitrogens is 1. The van der Waals surface area contributed by atoms with Gasteiger partial charge in [0.1, 0.15) is 11.6 Å². The largest absolute Gasteiger partial charge is 0.493 e. The Balaban J connectivity index is 1.95. The highest BCUT2D eigenvalue weighted by molar-refractivity contribution is 7.98. The molecule has 110 valence electrons. The summed E-state index contributed by atoms with van der Waals surface area (Å²) in [6.07, 6.45) is 7.41. The standard InChI is InChI=1S/C16H19N3OS/c1-21-14-6-2-5-13(15(14)16(17)18)20-11-3-4-12-7-9-19-10-8-12/h2,5-10H,3-4,11H2,1H3,(H3,17,18). The summed E-state index contributed by atoms with van der Waals surface area (Å²) in [4.78, 5) is 4.97. The SMILES string of the molecule is CSc1cccc(OCCCc2ccncc2)c1C(=N)N. The van der Waals surface area contributed by atoms with Gasteiger partial charge >= 0.3 is 0 Å². The molecule has 1 aromatic heterocycles. The van der Waals surface area contributed by atoms with Crippen LogP contribution in [0.2, 0.25) is 0 Å². The Morgan fingerprint density at radius 2 is 2.05 bits per heavy atom. The van der Waals surface area contributed by atoms with E-state index in [-0.39, 0.29) is 5.84 Å². The molecule has 2 aromatic rings. The number of pyridine rings is 1. The molecule has 0 unspecified atom stereocenters. The van der Waals surface area contributed by atoms with Crippen LogP contribution < -0.4 is 10.5 Å². The van der Waals surface area contributed by atoms with Crippen LogP contribution in [0.25, 0.3) is 0 Å². The van der Waals surface area contributed by atoms with E-state index in [0.717, 1.165) is 17.7 Å². The molecule has 2 rings (SSSR count). The Bertz CT molecular complexity index is 602. The van der Waals surface area contributed by atoms with E-state index in [1.165, 1.54) is 5.56 Å². The van der Waals surface area contributed by atoms with Crippen LogP contribution in [0.5, 0.6) is 5.75 Å². The van der Waals surface area contributed by atoms with E-state index in [1.807, 2.05) is 36.6 Å². The van der Waals surface area contributed by atoms with E-state index in [9.17, 15) is 0 Å². The quantitative estimate of drug-likeness (QED) is 0.357. The number of thioether (sulfide) groups is 1. The van der Waals surface area contributed by atoms with Crippen molar-refractivity contribution in [3.05, 3.63) is 53.9 Å². The van der Waals surface area contributed by atoms with Crippen molar-refractivity contribution in [3.8, 4) is 5.75 Å². The van der Waals surface area contributed by atoms with Crippen LogP contribution in [0.3, 0.4) is 0 Å². The number of hydrogen-bond acceptors (Lipinski definition) is 4. The molecular formula is C16H19N3OS. The molecular weight excluding hydrogens is 282 g/mol. The lowest BCUT2D eigenvalue weighted by Crippen LogP contribution is -2.15. The van der Waals surface area contributed by atoms with E-state index in [0.29, 0.717) is 17.9 Å². The van der Waals surface area contributed by atoms with Gasteiger partial charge in [-0.1, -0.05) is 6.07 Å². The summed E-state index contributed by atoms with van der Waals surface area (Å²) in [5.41, 5.74) is 7.61. The summed E-state index contributed by atoms with van der Waals surface area (Å²) in [6.45, 7) is 0.598. The Hall–Kier alpha value is -2.01. The predicted octanol–water partition coefficient (Wildman–Crippen LogP) is 3.10. The van der Waals surface area contributed by atoms with E-state index < -0.39 is 0 Å². The predicted molar refractivity (Wildman–Crippen MR) is 87.3 cm³/mol. The van der Waals surface area contributed by atoms with Crippen molar-refractivity contribution in [2.24, 2.45) is 5.73 Å². The summed E-state index contributed by atoms with van der Waals surface area (Å²) in [6, 6.07) is 9.76. The van der Waals surface area contributed by atoms with Gasteiger partial charge in [0.2, 0.25) is 0 Å². The van der Waals surface area contributed by atoms with E-state index in [4.69, 9.17) is 15.9 Å². The lowest BCUT2D eigenvalue weighted by atomic mass is 10.1. The van der Waals surface area contributed by atoms with Crippen molar-refractivity contribution in [3.63, 3.8) is 0 Å². The number of nitrogens with zero attached hydrogens (tertiary/aromatic N) is 1. The van der Waals surface area contributed by atoms with E-state index in [1.54, 1.807) is 24.2 Å². The molecule has 0 saturated carbocycles. The first-order chi connectivity index (χ1) is 10.2. The van der Waals surface area contributed by atoms with Crippen LogP contribution in [0.15, 0.2) is 47.6 Å². The van der Waals surface area contributed by atoms with Crippen LogP contribution in [0.1, 0.15) is 17.5 Å². The molecule has 0 spiro atoms. The maximum Gasteiger partial charge on any atom is 0.131 e. The van der Waals surface area contributed by atoms with Gasteiger partial charge in [-0.2, -0.15) is 0 Å². The summed E-state index contributed by atoms with van der Waals surface area (Å²) in [5, 5.41) is 7.71. The van der Waals surface area contributed by atoms with Crippen molar-refractivity contribution in [2.45, 2.75) is 17.7 Å². The second-order valence-corrected chi connectivity index (χ2v) is 5.40. The van der Waals surface area contributed by atoms with E-state index >= 15 is 0 Å². The number of aryl methyl sites for hydroxylation is 1. The second-order valence-electron chi connectivity index (χ2n) is 4.55. The molecule has 0 atom stereocenters. The Morgan fingerprint density at radius 1 is 1.29 bits per heavy atom. The fraction of sp³-hybridized carbons (Fsp3) is 0.250. The van der Waals surface area contributed by atoms with Crippen LogP contribution in [-0.2, 0) is 6.42 Å². The first kappa shape index (κ1) is 15.4. The summed E-state index contributed by atoms with van der Waals surface area (Å²) in [5.74, 6) is 0.730. The van der Waals surface area contributed by atoms with Crippen molar-refractivity contribution >= 4 is 17.6 Å². The molecule has 0 amide bonds. The van der Waals surface area contributed by atoms with Crippen molar-refractivity contribution in [2.75, 3.05) is 12.9 Å². The number of hydrogen-bond donors (Lipinski definition) is 2. The number of nitrogens with two attached hydrogens (primary N) is 1. The molecule has 1 heterocycles. The minimum absolute atomic E-state index is 0.0454. The maximum absolute atomic E-state index is 7.71. The highest BCUT2D eigenvalue weighted by atomic mass is 32.2. The molecule has 0 saturated heterocycles. The van der Waals surface area contributed by atoms with Gasteiger partial charge in [-0.3, -0.25) is 10.4 Å². The third kappa shape index (κ3) is 4.23. The summed E-state index contributed by atoms with van der Waals surface area (Å²) < 4.78 is 5.81. The number of ether oxygens (including phenoxy) is 1. The first-order valence-electron chi connectivity index (χ1n) is 6.75. The average molecular weight is 301 g/mol. The highest BCUT2D eigenvalue weighted by Crippen LogP contribution is 2.28. The maximum atomic E-state index is 7.71. The Morgan fingerprint density at radius 3 is 2.71 bits per heavy atom. The zero-order chi connectivity index (χ0) is 15.1. The van der Waals surface area contributed by atoms with Gasteiger partial charge in [0.15, 0.2) is 0 Å². The molecule has 0 fully saturated rings. The minimum Gasteiger partial charge on any atom is -0.493 e. The lowest BCUT2D eigenvalue weighted by Gasteiger charge is -2.13. The highest BCUT2D eigenvalue weighted by Gasteiger charge is 2.11. The van der Waals surface area contributed by atoms with Crippen LogP contribution in [0, 0.1) is 5.41 Å². The van der Waals surface area contributed by atoms with E-state index in [2.05, 4.69) is 4.98 Å². The van der Waals surface area contributed by atoms with Crippen LogP contribution in [0.4, 0.5) is 0 Å². The molecule has 3 N–H and O–H groups in total. The molecule has 0 radical (unpaired) electrons. The molecule has 5 heteroatoms. The Kier molecular flexibility index (Phi) is 5.63. The minimum atomic E-state index is 0.0454. The van der Waals surface area contributed by atoms with Crippen molar-refractivity contribution in [1.82, 2.24) is 4.98 Å². The monoisotopic (exact) mass is 301 g/mol. The lowest BCUT2D eigenvalue weighted by molar-refractivity contribution is 0.309. The van der Waals surface area contributed by atoms with Gasteiger partial charge in [-0.25, -0.2) is 0 Å². The zero-order valence-corrected chi connectivity index (χ0v) is 12.8. The first-order valence-corrected chi connectivity index (χ1v) is 7.98. The zero-order valence-electron chi connectivity index (χ0n) is 12.0.